The summed E-state index contributed by atoms with van der Waals surface area (Å²) < 4.78 is 0. The van der Waals surface area contributed by atoms with Gasteiger partial charge in [0.15, 0.2) is 0 Å². The van der Waals surface area contributed by atoms with Crippen molar-refractivity contribution in [3.8, 4) is 0 Å². The number of hydrogen-bond donors (Lipinski definition) is 2. The highest BCUT2D eigenvalue weighted by Gasteiger charge is 2.46. The topological polar surface area (TPSA) is 52.0 Å². The predicted octanol–water partition coefficient (Wildman–Crippen LogP) is 0.851. The Morgan fingerprint density at radius 1 is 1.36 bits per heavy atom. The summed E-state index contributed by atoms with van der Waals surface area (Å²) in [6.07, 6.45) is 4.92. The van der Waals surface area contributed by atoms with Crippen LogP contribution in [0.15, 0.2) is 0 Å². The minimum absolute atomic E-state index is 0.369. The quantitative estimate of drug-likeness (QED) is 0.543. The average molecular weight is 154 g/mol. The molecule has 3 rings (SSSR count). The second kappa shape index (κ2) is 2.20. The molecule has 2 heteroatoms. The fourth-order valence-corrected chi connectivity index (χ4v) is 2.78. The molecule has 0 heterocycles. The van der Waals surface area contributed by atoms with E-state index >= 15 is 0 Å². The zero-order valence-electron chi connectivity index (χ0n) is 7.22. The molecule has 2 nitrogen and oxygen atoms in total. The maximum atomic E-state index is 6.06. The Kier molecular flexibility index (Phi) is 1.52. The van der Waals surface area contributed by atoms with Crippen molar-refractivity contribution in [2.45, 2.75) is 44.7 Å². The van der Waals surface area contributed by atoms with Crippen LogP contribution < -0.4 is 11.5 Å². The predicted molar refractivity (Wildman–Crippen MR) is 46.0 cm³/mol. The molecule has 3 aliphatic rings. The first kappa shape index (κ1) is 7.56. The minimum Gasteiger partial charge on any atom is -0.327 e. The van der Waals surface area contributed by atoms with E-state index in [0.717, 1.165) is 18.8 Å². The molecule has 0 spiro atoms. The van der Waals surface area contributed by atoms with Gasteiger partial charge in [-0.05, 0) is 37.0 Å². The van der Waals surface area contributed by atoms with E-state index in [-0.39, 0.29) is 0 Å². The summed E-state index contributed by atoms with van der Waals surface area (Å²) in [5.74, 6) is 0.729. The van der Waals surface area contributed by atoms with E-state index in [1.807, 2.05) is 0 Å². The molecule has 0 aromatic rings. The molecular formula is C9H18N2. The molecule has 4 atom stereocenters. The van der Waals surface area contributed by atoms with Gasteiger partial charge >= 0.3 is 0 Å². The van der Waals surface area contributed by atoms with Crippen LogP contribution in [0.3, 0.4) is 0 Å². The van der Waals surface area contributed by atoms with E-state index in [9.17, 15) is 0 Å². The van der Waals surface area contributed by atoms with Crippen molar-refractivity contribution < 1.29 is 0 Å². The van der Waals surface area contributed by atoms with Crippen molar-refractivity contribution in [1.82, 2.24) is 0 Å². The molecule has 4 N–H and O–H groups in total. The Morgan fingerprint density at radius 2 is 2.09 bits per heavy atom. The molecule has 3 aliphatic carbocycles. The van der Waals surface area contributed by atoms with E-state index < -0.39 is 0 Å². The Morgan fingerprint density at radius 3 is 2.45 bits per heavy atom. The van der Waals surface area contributed by atoms with Crippen LogP contribution in [0, 0.1) is 11.3 Å². The van der Waals surface area contributed by atoms with Gasteiger partial charge in [0.1, 0.15) is 0 Å². The molecule has 0 aromatic heterocycles. The Balaban J connectivity index is 2.19. The van der Waals surface area contributed by atoms with Crippen molar-refractivity contribution in [2.75, 3.05) is 0 Å². The van der Waals surface area contributed by atoms with E-state index in [1.54, 1.807) is 0 Å². The third kappa shape index (κ3) is 1.00. The highest BCUT2D eigenvalue weighted by molar-refractivity contribution is 5.02. The van der Waals surface area contributed by atoms with Gasteiger partial charge in [-0.3, -0.25) is 0 Å². The van der Waals surface area contributed by atoms with Gasteiger partial charge in [0.25, 0.3) is 0 Å². The number of hydrogen-bond acceptors (Lipinski definition) is 2. The first-order chi connectivity index (χ1) is 5.12. The van der Waals surface area contributed by atoms with Crippen LogP contribution in [0.5, 0.6) is 0 Å². The number of fused-ring (bicyclic) bond motifs is 3. The summed E-state index contributed by atoms with van der Waals surface area (Å²) in [6, 6.07) is 0.856. The number of nitrogens with two attached hydrogens (primary N) is 2. The molecule has 0 radical (unpaired) electrons. The lowest BCUT2D eigenvalue weighted by Crippen LogP contribution is -2.56. The van der Waals surface area contributed by atoms with Crippen LogP contribution in [0.1, 0.15) is 32.6 Å². The van der Waals surface area contributed by atoms with Crippen LogP contribution in [-0.2, 0) is 0 Å². The summed E-state index contributed by atoms with van der Waals surface area (Å²) in [5.41, 5.74) is 12.4. The van der Waals surface area contributed by atoms with E-state index in [4.69, 9.17) is 11.5 Å². The normalized spacial score (nSPS) is 56.5. The van der Waals surface area contributed by atoms with Crippen molar-refractivity contribution in [3.63, 3.8) is 0 Å². The van der Waals surface area contributed by atoms with E-state index in [1.165, 1.54) is 12.8 Å². The molecule has 0 aromatic carbocycles. The molecular weight excluding hydrogens is 136 g/mol. The van der Waals surface area contributed by atoms with Crippen LogP contribution in [-0.4, -0.2) is 12.1 Å². The molecule has 0 saturated heterocycles. The molecule has 0 amide bonds. The Labute approximate surface area is 68.3 Å². The largest absolute Gasteiger partial charge is 0.327 e. The standard InChI is InChI=1S/C9H18N2/c1-9-3-2-6(4-8(9)11)7(10)5-9/h6-8H,2-5,10-11H2,1H3. The van der Waals surface area contributed by atoms with Gasteiger partial charge in [0.05, 0.1) is 0 Å². The second-order valence-electron chi connectivity index (χ2n) is 4.66. The minimum atomic E-state index is 0.369. The first-order valence-electron chi connectivity index (χ1n) is 4.63. The summed E-state index contributed by atoms with van der Waals surface area (Å²) >= 11 is 0. The van der Waals surface area contributed by atoms with Gasteiger partial charge < -0.3 is 11.5 Å². The molecule has 11 heavy (non-hydrogen) atoms. The maximum Gasteiger partial charge on any atom is 0.00967 e. The first-order valence-corrected chi connectivity index (χ1v) is 4.63. The smallest absolute Gasteiger partial charge is 0.00967 e. The average Bonchev–Trinajstić information content (AvgIpc) is 1.92. The van der Waals surface area contributed by atoms with Gasteiger partial charge in [-0.1, -0.05) is 6.92 Å². The molecule has 3 fully saturated rings. The lowest BCUT2D eigenvalue weighted by molar-refractivity contribution is 0.0385. The van der Waals surface area contributed by atoms with Gasteiger partial charge in [-0.25, -0.2) is 0 Å². The highest BCUT2D eigenvalue weighted by atomic mass is 14.8. The fourth-order valence-electron chi connectivity index (χ4n) is 2.78. The van der Waals surface area contributed by atoms with E-state index in [2.05, 4.69) is 6.92 Å². The molecule has 0 aliphatic heterocycles. The zero-order valence-corrected chi connectivity index (χ0v) is 7.22. The Hall–Kier alpha value is -0.0800. The summed E-state index contributed by atoms with van der Waals surface area (Å²) in [6.45, 7) is 2.30. The molecule has 2 bridgehead atoms. The molecule has 4 unspecified atom stereocenters. The third-order valence-corrected chi connectivity index (χ3v) is 3.85. The Bertz CT molecular complexity index is 169. The van der Waals surface area contributed by atoms with Crippen molar-refractivity contribution in [1.29, 1.82) is 0 Å². The van der Waals surface area contributed by atoms with E-state index in [0.29, 0.717) is 17.5 Å². The SMILES string of the molecule is CC12CCC(CC1N)C(N)C2. The lowest BCUT2D eigenvalue weighted by atomic mass is 9.57. The van der Waals surface area contributed by atoms with Crippen molar-refractivity contribution in [2.24, 2.45) is 22.8 Å². The van der Waals surface area contributed by atoms with Crippen LogP contribution in [0.2, 0.25) is 0 Å². The van der Waals surface area contributed by atoms with Crippen LogP contribution in [0.25, 0.3) is 0 Å². The van der Waals surface area contributed by atoms with Gasteiger partial charge in [-0.15, -0.1) is 0 Å². The maximum absolute atomic E-state index is 6.06. The zero-order chi connectivity index (χ0) is 8.06. The summed E-state index contributed by atoms with van der Waals surface area (Å²) in [5, 5.41) is 0. The monoisotopic (exact) mass is 154 g/mol. The van der Waals surface area contributed by atoms with Gasteiger partial charge in [0, 0.05) is 12.1 Å². The van der Waals surface area contributed by atoms with Crippen LogP contribution >= 0.6 is 0 Å². The summed E-state index contributed by atoms with van der Waals surface area (Å²) in [7, 11) is 0. The third-order valence-electron chi connectivity index (χ3n) is 3.85. The fraction of sp³-hybridized carbons (Fsp3) is 1.00. The molecule has 64 valence electrons. The highest BCUT2D eigenvalue weighted by Crippen LogP contribution is 2.48. The van der Waals surface area contributed by atoms with Crippen molar-refractivity contribution in [3.05, 3.63) is 0 Å². The lowest BCUT2D eigenvalue weighted by Gasteiger charge is -2.51. The number of rotatable bonds is 0. The van der Waals surface area contributed by atoms with Crippen molar-refractivity contribution >= 4 is 0 Å². The molecule has 3 saturated carbocycles. The van der Waals surface area contributed by atoms with Gasteiger partial charge in [0.2, 0.25) is 0 Å². The second-order valence-corrected chi connectivity index (χ2v) is 4.66. The van der Waals surface area contributed by atoms with Gasteiger partial charge in [-0.2, -0.15) is 0 Å². The summed E-state index contributed by atoms with van der Waals surface area (Å²) in [4.78, 5) is 0. The van der Waals surface area contributed by atoms with Crippen LogP contribution in [0.4, 0.5) is 0 Å².